The molecule has 6 nitrogen and oxygen atoms in total. The second-order valence-corrected chi connectivity index (χ2v) is 6.03. The van der Waals surface area contributed by atoms with Gasteiger partial charge in [0.15, 0.2) is 0 Å². The first kappa shape index (κ1) is 16.0. The lowest BCUT2D eigenvalue weighted by molar-refractivity contribution is 0.0898. The Morgan fingerprint density at radius 3 is 3.04 bits per heavy atom. The summed E-state index contributed by atoms with van der Waals surface area (Å²) in [6.45, 7) is 5.72. The maximum absolute atomic E-state index is 5.97. The number of hydrogen-bond donors (Lipinski definition) is 1. The lowest BCUT2D eigenvalue weighted by Crippen LogP contribution is -2.32. The molecule has 0 saturated carbocycles. The number of pyridine rings is 1. The van der Waals surface area contributed by atoms with Crippen molar-refractivity contribution in [3.8, 4) is 5.88 Å². The van der Waals surface area contributed by atoms with Crippen molar-refractivity contribution < 1.29 is 9.47 Å². The highest BCUT2D eigenvalue weighted by Gasteiger charge is 2.32. The summed E-state index contributed by atoms with van der Waals surface area (Å²) in [5.41, 5.74) is 2.10. The number of hydrogen-bond acceptors (Lipinski definition) is 5. The summed E-state index contributed by atoms with van der Waals surface area (Å²) in [6.07, 6.45) is 2.86. The Morgan fingerprint density at radius 2 is 2.26 bits per heavy atom. The molecular weight excluding hydrogens is 292 g/mol. The highest BCUT2D eigenvalue weighted by Crippen LogP contribution is 2.30. The van der Waals surface area contributed by atoms with Crippen LogP contribution in [-0.4, -0.2) is 34.5 Å². The molecule has 1 aliphatic heterocycles. The van der Waals surface area contributed by atoms with E-state index in [0.717, 1.165) is 24.4 Å². The molecule has 0 aliphatic carbocycles. The third-order valence-corrected chi connectivity index (χ3v) is 4.11. The van der Waals surface area contributed by atoms with Gasteiger partial charge in [-0.2, -0.15) is 5.10 Å². The summed E-state index contributed by atoms with van der Waals surface area (Å²) < 4.78 is 13.2. The van der Waals surface area contributed by atoms with Crippen molar-refractivity contribution in [2.45, 2.75) is 45.0 Å². The normalized spacial score (nSPS) is 21.0. The van der Waals surface area contributed by atoms with E-state index in [4.69, 9.17) is 9.47 Å². The summed E-state index contributed by atoms with van der Waals surface area (Å²) in [6, 6.07) is 8.45. The zero-order valence-corrected chi connectivity index (χ0v) is 13.9. The number of nitrogens with one attached hydrogen (secondary N) is 1. The van der Waals surface area contributed by atoms with E-state index in [0.29, 0.717) is 18.5 Å². The van der Waals surface area contributed by atoms with E-state index < -0.39 is 0 Å². The highest BCUT2D eigenvalue weighted by atomic mass is 16.5. The van der Waals surface area contributed by atoms with Crippen LogP contribution in [0.4, 0.5) is 0 Å². The Bertz CT molecular complexity index is 641. The van der Waals surface area contributed by atoms with Gasteiger partial charge in [-0.25, -0.2) is 4.98 Å². The van der Waals surface area contributed by atoms with E-state index in [1.54, 1.807) is 7.11 Å². The van der Waals surface area contributed by atoms with E-state index in [-0.39, 0.29) is 12.1 Å². The number of nitrogens with zero attached hydrogens (tertiary/aromatic N) is 3. The van der Waals surface area contributed by atoms with Crippen LogP contribution in [0.5, 0.6) is 5.88 Å². The van der Waals surface area contributed by atoms with Crippen LogP contribution in [-0.2, 0) is 11.3 Å². The van der Waals surface area contributed by atoms with Crippen LogP contribution in [0.1, 0.15) is 43.8 Å². The average Bonchev–Trinajstić information content (AvgIpc) is 3.21. The van der Waals surface area contributed by atoms with E-state index in [1.165, 1.54) is 0 Å². The maximum atomic E-state index is 5.97. The Morgan fingerprint density at radius 1 is 1.39 bits per heavy atom. The van der Waals surface area contributed by atoms with Crippen molar-refractivity contribution >= 4 is 0 Å². The number of aromatic nitrogens is 3. The Labute approximate surface area is 136 Å². The molecule has 3 heterocycles. The lowest BCUT2D eigenvalue weighted by Gasteiger charge is -2.22. The minimum Gasteiger partial charge on any atom is -0.481 e. The van der Waals surface area contributed by atoms with Crippen molar-refractivity contribution in [1.82, 2.24) is 20.1 Å². The molecule has 6 heteroatoms. The minimum absolute atomic E-state index is 0.0329. The van der Waals surface area contributed by atoms with E-state index in [1.807, 2.05) is 29.1 Å². The molecule has 1 saturated heterocycles. The van der Waals surface area contributed by atoms with Gasteiger partial charge < -0.3 is 14.8 Å². The van der Waals surface area contributed by atoms with Gasteiger partial charge in [-0.3, -0.25) is 4.68 Å². The number of methoxy groups -OCH3 is 1. The van der Waals surface area contributed by atoms with E-state index in [2.05, 4.69) is 35.3 Å². The maximum Gasteiger partial charge on any atom is 0.213 e. The fourth-order valence-electron chi connectivity index (χ4n) is 2.98. The fourth-order valence-corrected chi connectivity index (χ4v) is 2.98. The Kier molecular flexibility index (Phi) is 4.93. The molecule has 1 fully saturated rings. The summed E-state index contributed by atoms with van der Waals surface area (Å²) in [7, 11) is 1.63. The van der Waals surface area contributed by atoms with E-state index >= 15 is 0 Å². The fraction of sp³-hybridized carbons (Fsp3) is 0.529. The van der Waals surface area contributed by atoms with Crippen LogP contribution in [0.2, 0.25) is 0 Å². The predicted molar refractivity (Wildman–Crippen MR) is 87.3 cm³/mol. The molecule has 0 amide bonds. The van der Waals surface area contributed by atoms with Crippen molar-refractivity contribution in [2.75, 3.05) is 13.7 Å². The zero-order chi connectivity index (χ0) is 16.2. The minimum atomic E-state index is 0.0329. The van der Waals surface area contributed by atoms with Gasteiger partial charge in [-0.15, -0.1) is 0 Å². The topological polar surface area (TPSA) is 61.2 Å². The van der Waals surface area contributed by atoms with Crippen LogP contribution >= 0.6 is 0 Å². The summed E-state index contributed by atoms with van der Waals surface area (Å²) >= 11 is 0. The van der Waals surface area contributed by atoms with Crippen LogP contribution in [0.15, 0.2) is 30.5 Å². The SMILES string of the molecule is COc1cccc(CN[C@H]2CCO[C@@H]2c2ccnn2C(C)C)n1. The molecule has 0 unspecified atom stereocenters. The lowest BCUT2D eigenvalue weighted by atomic mass is 10.1. The molecule has 0 spiro atoms. The summed E-state index contributed by atoms with van der Waals surface area (Å²) in [5.74, 6) is 0.640. The molecule has 1 N–H and O–H groups in total. The van der Waals surface area contributed by atoms with Crippen LogP contribution in [0.25, 0.3) is 0 Å². The Hall–Kier alpha value is -1.92. The van der Waals surface area contributed by atoms with Crippen molar-refractivity contribution in [3.05, 3.63) is 41.9 Å². The molecule has 2 atom stereocenters. The summed E-state index contributed by atoms with van der Waals surface area (Å²) in [5, 5.41) is 7.99. The molecule has 2 aromatic heterocycles. The van der Waals surface area contributed by atoms with Crippen molar-refractivity contribution in [1.29, 1.82) is 0 Å². The third-order valence-electron chi connectivity index (χ3n) is 4.11. The first-order valence-electron chi connectivity index (χ1n) is 8.07. The molecule has 0 radical (unpaired) electrons. The van der Waals surface area contributed by atoms with Gasteiger partial charge in [-0.05, 0) is 32.4 Å². The van der Waals surface area contributed by atoms with Crippen LogP contribution in [0.3, 0.4) is 0 Å². The van der Waals surface area contributed by atoms with Gasteiger partial charge in [-0.1, -0.05) is 6.07 Å². The highest BCUT2D eigenvalue weighted by molar-refractivity contribution is 5.16. The van der Waals surface area contributed by atoms with Gasteiger partial charge in [0.25, 0.3) is 0 Å². The van der Waals surface area contributed by atoms with E-state index in [9.17, 15) is 0 Å². The quantitative estimate of drug-likeness (QED) is 0.887. The van der Waals surface area contributed by atoms with Crippen LogP contribution in [0, 0.1) is 0 Å². The largest absolute Gasteiger partial charge is 0.481 e. The van der Waals surface area contributed by atoms with Crippen LogP contribution < -0.4 is 10.1 Å². The summed E-state index contributed by atoms with van der Waals surface area (Å²) in [4.78, 5) is 4.44. The van der Waals surface area contributed by atoms with Gasteiger partial charge in [0.2, 0.25) is 5.88 Å². The molecule has 1 aliphatic rings. The number of ether oxygens (including phenoxy) is 2. The molecule has 3 rings (SSSR count). The standard InChI is InChI=1S/C17H24N4O2/c1-12(2)21-15(7-9-19-21)17-14(8-10-23-17)18-11-13-5-4-6-16(20-13)22-3/h4-7,9,12,14,17-18H,8,10-11H2,1-3H3/t14-,17-/m0/s1. The first-order chi connectivity index (χ1) is 11.2. The molecule has 0 bridgehead atoms. The molecular formula is C17H24N4O2. The second kappa shape index (κ2) is 7.10. The molecule has 2 aromatic rings. The smallest absolute Gasteiger partial charge is 0.213 e. The van der Waals surface area contributed by atoms with Gasteiger partial charge in [0.1, 0.15) is 6.10 Å². The monoisotopic (exact) mass is 316 g/mol. The molecule has 23 heavy (non-hydrogen) atoms. The molecule has 0 aromatic carbocycles. The third kappa shape index (κ3) is 3.54. The van der Waals surface area contributed by atoms with Gasteiger partial charge in [0.05, 0.1) is 18.5 Å². The Balaban J connectivity index is 1.68. The number of rotatable bonds is 6. The van der Waals surface area contributed by atoms with Gasteiger partial charge >= 0.3 is 0 Å². The van der Waals surface area contributed by atoms with Crippen molar-refractivity contribution in [3.63, 3.8) is 0 Å². The van der Waals surface area contributed by atoms with Gasteiger partial charge in [0, 0.05) is 37.5 Å². The average molecular weight is 316 g/mol. The second-order valence-electron chi connectivity index (χ2n) is 6.03. The first-order valence-corrected chi connectivity index (χ1v) is 8.07. The van der Waals surface area contributed by atoms with Crippen molar-refractivity contribution in [2.24, 2.45) is 0 Å². The predicted octanol–water partition coefficient (Wildman–Crippen LogP) is 2.49. The zero-order valence-electron chi connectivity index (χ0n) is 13.9. The molecule has 124 valence electrons.